The summed E-state index contributed by atoms with van der Waals surface area (Å²) in [6.07, 6.45) is 0.265. The molecule has 202 valence electrons. The quantitative estimate of drug-likeness (QED) is 0.377. The van der Waals surface area contributed by atoms with E-state index < -0.39 is 47.6 Å². The highest BCUT2D eigenvalue weighted by atomic mass is 32.2. The van der Waals surface area contributed by atoms with E-state index in [0.29, 0.717) is 17.7 Å². The number of anilines is 1. The molecule has 0 fully saturated rings. The van der Waals surface area contributed by atoms with Gasteiger partial charge in [-0.05, 0) is 48.2 Å². The van der Waals surface area contributed by atoms with E-state index in [9.17, 15) is 26.8 Å². The minimum absolute atomic E-state index is 0.0100. The number of nitrogens with one attached hydrogen (secondary N) is 1. The Labute approximate surface area is 217 Å². The van der Waals surface area contributed by atoms with Crippen LogP contribution < -0.4 is 15.2 Å². The zero-order chi connectivity index (χ0) is 27.5. The van der Waals surface area contributed by atoms with E-state index in [1.165, 1.54) is 14.2 Å². The topological polar surface area (TPSA) is 102 Å². The van der Waals surface area contributed by atoms with E-state index in [4.69, 9.17) is 4.74 Å². The van der Waals surface area contributed by atoms with Crippen LogP contribution in [0.1, 0.15) is 30.0 Å². The van der Waals surface area contributed by atoms with Crippen LogP contribution in [0.2, 0.25) is 19.6 Å². The smallest absolute Gasteiger partial charge is 0.305 e. The molecule has 2 aromatic carbocycles. The number of sulfonamides is 1. The number of ether oxygens (including phenoxy) is 2. The molecular weight excluding hydrogens is 522 g/mol. The van der Waals surface area contributed by atoms with Gasteiger partial charge in [-0.3, -0.25) is 9.59 Å². The van der Waals surface area contributed by atoms with Crippen molar-refractivity contribution in [1.29, 1.82) is 0 Å². The number of methoxy groups -OCH3 is 2. The van der Waals surface area contributed by atoms with Gasteiger partial charge in [-0.15, -0.1) is 0 Å². The molecule has 3 rings (SSSR count). The zero-order valence-corrected chi connectivity index (χ0v) is 23.4. The maximum absolute atomic E-state index is 14.8. The molecule has 0 spiro atoms. The van der Waals surface area contributed by atoms with Gasteiger partial charge in [0.1, 0.15) is 23.4 Å². The van der Waals surface area contributed by atoms with Crippen LogP contribution in [0, 0.1) is 11.6 Å². The van der Waals surface area contributed by atoms with Crippen LogP contribution in [0.4, 0.5) is 14.5 Å². The van der Waals surface area contributed by atoms with Gasteiger partial charge in [-0.25, -0.2) is 17.2 Å². The van der Waals surface area contributed by atoms with Crippen LogP contribution in [-0.2, 0) is 30.8 Å². The largest absolute Gasteiger partial charge is 0.497 e. The van der Waals surface area contributed by atoms with E-state index >= 15 is 0 Å². The second-order valence-corrected chi connectivity index (χ2v) is 16.9. The second kappa shape index (κ2) is 11.3. The van der Waals surface area contributed by atoms with Crippen LogP contribution in [-0.4, -0.2) is 59.2 Å². The average molecular weight is 555 g/mol. The summed E-state index contributed by atoms with van der Waals surface area (Å²) in [6, 6.07) is 5.81. The first-order chi connectivity index (χ1) is 17.3. The van der Waals surface area contributed by atoms with Crippen molar-refractivity contribution in [2.75, 3.05) is 31.8 Å². The minimum Gasteiger partial charge on any atom is -0.497 e. The van der Waals surface area contributed by atoms with Crippen molar-refractivity contribution in [3.8, 4) is 5.75 Å². The Hall–Kier alpha value is -2.83. The number of halogens is 2. The highest BCUT2D eigenvalue weighted by Crippen LogP contribution is 2.35. The van der Waals surface area contributed by atoms with Crippen LogP contribution >= 0.6 is 0 Å². The Bertz CT molecular complexity index is 1270. The van der Waals surface area contributed by atoms with Crippen molar-refractivity contribution in [1.82, 2.24) is 4.31 Å². The lowest BCUT2D eigenvalue weighted by Crippen LogP contribution is -2.46. The molecule has 0 aromatic heterocycles. The van der Waals surface area contributed by atoms with Crippen molar-refractivity contribution in [2.24, 2.45) is 0 Å². The van der Waals surface area contributed by atoms with E-state index in [0.717, 1.165) is 22.0 Å². The van der Waals surface area contributed by atoms with Crippen LogP contribution in [0.15, 0.2) is 30.3 Å². The Kier molecular flexibility index (Phi) is 8.76. The molecule has 1 N–H and O–H groups in total. The normalized spacial score (nSPS) is 16.1. The predicted octanol–water partition coefficient (Wildman–Crippen LogP) is 3.34. The number of benzene rings is 2. The summed E-state index contributed by atoms with van der Waals surface area (Å²) < 4.78 is 67.1. The van der Waals surface area contributed by atoms with Crippen molar-refractivity contribution in [2.45, 2.75) is 44.9 Å². The molecule has 8 nitrogen and oxygen atoms in total. The highest BCUT2D eigenvalue weighted by Gasteiger charge is 2.40. The van der Waals surface area contributed by atoms with Gasteiger partial charge in [-0.2, -0.15) is 4.31 Å². The van der Waals surface area contributed by atoms with Gasteiger partial charge in [0.2, 0.25) is 15.9 Å². The number of carbonyl (C=O) groups is 2. The van der Waals surface area contributed by atoms with E-state index in [2.05, 4.69) is 10.1 Å². The predicted molar refractivity (Wildman–Crippen MR) is 139 cm³/mol. The molecule has 2 aromatic rings. The summed E-state index contributed by atoms with van der Waals surface area (Å²) in [5, 5.41) is 2.54. The molecule has 0 unspecified atom stereocenters. The number of fused-ring (bicyclic) bond motifs is 1. The maximum atomic E-state index is 14.8. The third kappa shape index (κ3) is 6.54. The number of nitrogens with zero attached hydrogens (tertiary/aromatic N) is 1. The summed E-state index contributed by atoms with van der Waals surface area (Å²) >= 11 is 0. The lowest BCUT2D eigenvalue weighted by molar-refractivity contribution is -0.140. The fourth-order valence-corrected chi connectivity index (χ4v) is 7.69. The van der Waals surface area contributed by atoms with E-state index in [-0.39, 0.29) is 36.0 Å². The van der Waals surface area contributed by atoms with Crippen molar-refractivity contribution < 1.29 is 36.3 Å². The Morgan fingerprint density at radius 1 is 1.11 bits per heavy atom. The molecule has 0 saturated carbocycles. The van der Waals surface area contributed by atoms with Gasteiger partial charge < -0.3 is 14.8 Å². The second-order valence-electron chi connectivity index (χ2n) is 9.88. The molecule has 12 heteroatoms. The standard InChI is InChI=1S/C25H32F2N2O6SSi/c1-34-18-8-9-19-16(13-18)10-11-29(36(32,33)12-6-7-22(30)35-2)23(19)25(31)28-17-14-20(26)24(21(27)15-17)37(3,4)5/h8-9,13-15,23H,6-7,10-12H2,1-5H3,(H,28,31)/t23-/m1/s1. The molecule has 37 heavy (non-hydrogen) atoms. The number of hydrogen-bond donors (Lipinski definition) is 1. The third-order valence-corrected chi connectivity index (χ3v) is 10.1. The number of rotatable bonds is 9. The Morgan fingerprint density at radius 3 is 2.32 bits per heavy atom. The summed E-state index contributed by atoms with van der Waals surface area (Å²) in [6.45, 7) is 5.44. The molecule has 0 aliphatic carbocycles. The molecule has 1 amide bonds. The summed E-state index contributed by atoms with van der Waals surface area (Å²) in [5.74, 6) is -2.61. The lowest BCUT2D eigenvalue weighted by atomic mass is 9.93. The third-order valence-electron chi connectivity index (χ3n) is 6.21. The van der Waals surface area contributed by atoms with Gasteiger partial charge >= 0.3 is 5.97 Å². The molecular formula is C25H32F2N2O6SSi. The van der Waals surface area contributed by atoms with Crippen LogP contribution in [0.5, 0.6) is 5.75 Å². The number of carbonyl (C=O) groups excluding carboxylic acids is 2. The van der Waals surface area contributed by atoms with Crippen LogP contribution in [0.3, 0.4) is 0 Å². The van der Waals surface area contributed by atoms with Crippen LogP contribution in [0.25, 0.3) is 0 Å². The summed E-state index contributed by atoms with van der Waals surface area (Å²) in [5.41, 5.74) is 1.07. The summed E-state index contributed by atoms with van der Waals surface area (Å²) in [7, 11) is -3.60. The number of hydrogen-bond acceptors (Lipinski definition) is 6. The first kappa shape index (κ1) is 28.7. The molecule has 1 aliphatic rings. The van der Waals surface area contributed by atoms with Gasteiger partial charge in [0, 0.05) is 23.8 Å². The van der Waals surface area contributed by atoms with Gasteiger partial charge in [-0.1, -0.05) is 25.7 Å². The fraction of sp³-hybridized carbons (Fsp3) is 0.440. The molecule has 1 aliphatic heterocycles. The van der Waals surface area contributed by atoms with E-state index in [1.54, 1.807) is 18.2 Å². The molecule has 1 heterocycles. The summed E-state index contributed by atoms with van der Waals surface area (Å²) in [4.78, 5) is 25.0. The number of amides is 1. The first-order valence-electron chi connectivity index (χ1n) is 11.8. The number of esters is 1. The van der Waals surface area contributed by atoms with E-state index in [1.807, 2.05) is 19.6 Å². The minimum atomic E-state index is -3.98. The van der Waals surface area contributed by atoms with Gasteiger partial charge in [0.15, 0.2) is 0 Å². The van der Waals surface area contributed by atoms with Gasteiger partial charge in [0.25, 0.3) is 0 Å². The lowest BCUT2D eigenvalue weighted by Gasteiger charge is -2.35. The fourth-order valence-electron chi connectivity index (χ4n) is 4.47. The Morgan fingerprint density at radius 2 is 1.76 bits per heavy atom. The monoisotopic (exact) mass is 554 g/mol. The van der Waals surface area contributed by atoms with Crippen molar-refractivity contribution in [3.63, 3.8) is 0 Å². The Balaban J connectivity index is 1.97. The molecule has 1 atom stereocenters. The maximum Gasteiger partial charge on any atom is 0.305 e. The average Bonchev–Trinajstić information content (AvgIpc) is 2.81. The van der Waals surface area contributed by atoms with Gasteiger partial charge in [0.05, 0.1) is 28.0 Å². The van der Waals surface area contributed by atoms with Crippen molar-refractivity contribution >= 4 is 40.8 Å². The molecule has 0 bridgehead atoms. The first-order valence-corrected chi connectivity index (χ1v) is 16.9. The molecule has 0 saturated heterocycles. The zero-order valence-electron chi connectivity index (χ0n) is 21.6. The molecule has 0 radical (unpaired) electrons. The SMILES string of the molecule is COC(=O)CCCS(=O)(=O)N1CCc2cc(OC)ccc2[C@@H]1C(=O)Nc1cc(F)c([Si](C)(C)C)c(F)c1. The van der Waals surface area contributed by atoms with Crippen molar-refractivity contribution in [3.05, 3.63) is 53.1 Å². The highest BCUT2D eigenvalue weighted by molar-refractivity contribution is 7.89.